The standard InChI is InChI=1S/C22H23N7O3.C2HF3O2/c1-13(2)28-12-14(10-25-28)19-11-24-22(23)21(26-19)18-5-6-20(30)29(27-18)15-7-16(31-3)9-17(8-15)32-4;3-2(4,5)1(6)7/h5-13H,1-4H3,(H2,23,24);(H,6,7). The van der Waals surface area contributed by atoms with Crippen LogP contribution in [0.2, 0.25) is 0 Å². The second-order valence-corrected chi connectivity index (χ2v) is 8.13. The van der Waals surface area contributed by atoms with Crippen LogP contribution in [-0.2, 0) is 4.79 Å². The minimum Gasteiger partial charge on any atom is -0.497 e. The maximum Gasteiger partial charge on any atom is 0.490 e. The van der Waals surface area contributed by atoms with E-state index in [0.29, 0.717) is 34.3 Å². The number of alkyl halides is 3. The molecule has 0 aliphatic carbocycles. The third-order valence-electron chi connectivity index (χ3n) is 5.09. The van der Waals surface area contributed by atoms with E-state index in [0.717, 1.165) is 5.56 Å². The Bertz CT molecular complexity index is 1510. The average molecular weight is 547 g/mol. The van der Waals surface area contributed by atoms with Crippen molar-refractivity contribution in [1.29, 1.82) is 0 Å². The van der Waals surface area contributed by atoms with E-state index < -0.39 is 12.1 Å². The van der Waals surface area contributed by atoms with Crippen molar-refractivity contribution in [2.24, 2.45) is 0 Å². The maximum atomic E-state index is 12.6. The summed E-state index contributed by atoms with van der Waals surface area (Å²) in [5.41, 5.74) is 8.43. The van der Waals surface area contributed by atoms with Gasteiger partial charge in [-0.25, -0.2) is 14.8 Å². The summed E-state index contributed by atoms with van der Waals surface area (Å²) in [5, 5.41) is 16.0. The number of anilines is 1. The van der Waals surface area contributed by atoms with Crippen LogP contribution in [0, 0.1) is 0 Å². The van der Waals surface area contributed by atoms with Crippen molar-refractivity contribution in [2.45, 2.75) is 26.1 Å². The highest BCUT2D eigenvalue weighted by Crippen LogP contribution is 2.27. The first-order valence-electron chi connectivity index (χ1n) is 11.2. The zero-order valence-electron chi connectivity index (χ0n) is 21.2. The molecule has 0 fully saturated rings. The van der Waals surface area contributed by atoms with Gasteiger partial charge in [-0.05, 0) is 19.9 Å². The quantitative estimate of drug-likeness (QED) is 0.366. The van der Waals surface area contributed by atoms with E-state index in [4.69, 9.17) is 25.1 Å². The highest BCUT2D eigenvalue weighted by molar-refractivity contribution is 5.73. The number of aromatic nitrogens is 6. The van der Waals surface area contributed by atoms with E-state index in [1.807, 2.05) is 24.7 Å². The van der Waals surface area contributed by atoms with Crippen LogP contribution in [0.15, 0.2) is 53.7 Å². The van der Waals surface area contributed by atoms with E-state index in [1.165, 1.54) is 25.0 Å². The molecule has 0 aliphatic heterocycles. The second-order valence-electron chi connectivity index (χ2n) is 8.13. The minimum atomic E-state index is -5.08. The molecule has 3 aromatic heterocycles. The number of rotatable bonds is 6. The summed E-state index contributed by atoms with van der Waals surface area (Å²) in [6.07, 6.45) is 0.121. The van der Waals surface area contributed by atoms with Crippen LogP contribution in [0.3, 0.4) is 0 Å². The topological polar surface area (TPSA) is 160 Å². The highest BCUT2D eigenvalue weighted by Gasteiger charge is 2.38. The summed E-state index contributed by atoms with van der Waals surface area (Å²) in [7, 11) is 3.07. The molecule has 0 bridgehead atoms. The maximum absolute atomic E-state index is 12.6. The lowest BCUT2D eigenvalue weighted by atomic mass is 10.2. The van der Waals surface area contributed by atoms with Gasteiger partial charge in [-0.3, -0.25) is 9.48 Å². The number of methoxy groups -OCH3 is 2. The highest BCUT2D eigenvalue weighted by atomic mass is 19.4. The van der Waals surface area contributed by atoms with Crippen LogP contribution in [0.5, 0.6) is 11.5 Å². The van der Waals surface area contributed by atoms with Crippen molar-refractivity contribution in [3.05, 3.63) is 59.3 Å². The number of nitrogens with zero attached hydrogens (tertiary/aromatic N) is 6. The molecule has 206 valence electrons. The van der Waals surface area contributed by atoms with Gasteiger partial charge < -0.3 is 20.3 Å². The number of carbonyl (C=O) groups is 1. The lowest BCUT2D eigenvalue weighted by Gasteiger charge is -2.11. The van der Waals surface area contributed by atoms with Crippen LogP contribution in [-0.4, -0.2) is 61.0 Å². The molecule has 0 atom stereocenters. The van der Waals surface area contributed by atoms with Crippen molar-refractivity contribution in [2.75, 3.05) is 20.0 Å². The van der Waals surface area contributed by atoms with Gasteiger partial charge in [0.25, 0.3) is 5.56 Å². The first-order valence-corrected chi connectivity index (χ1v) is 11.2. The molecule has 0 aliphatic rings. The summed E-state index contributed by atoms with van der Waals surface area (Å²) in [4.78, 5) is 30.4. The molecule has 3 N–H and O–H groups in total. The van der Waals surface area contributed by atoms with Crippen molar-refractivity contribution in [3.8, 4) is 39.8 Å². The van der Waals surface area contributed by atoms with Crippen LogP contribution >= 0.6 is 0 Å². The normalized spacial score (nSPS) is 11.1. The number of hydrogen-bond acceptors (Lipinski definition) is 9. The van der Waals surface area contributed by atoms with Gasteiger partial charge >= 0.3 is 12.1 Å². The molecule has 12 nitrogen and oxygen atoms in total. The average Bonchev–Trinajstić information content (AvgIpc) is 3.40. The zero-order valence-corrected chi connectivity index (χ0v) is 21.2. The Morgan fingerprint density at radius 1 is 1.05 bits per heavy atom. The largest absolute Gasteiger partial charge is 0.497 e. The molecule has 0 saturated heterocycles. The molecule has 0 spiro atoms. The monoisotopic (exact) mass is 547 g/mol. The number of nitrogens with two attached hydrogens (primary N) is 1. The minimum absolute atomic E-state index is 0.200. The summed E-state index contributed by atoms with van der Waals surface area (Å²) in [6, 6.07) is 8.27. The Morgan fingerprint density at radius 2 is 1.67 bits per heavy atom. The number of hydrogen-bond donors (Lipinski definition) is 2. The third kappa shape index (κ3) is 6.88. The molecule has 1 aromatic carbocycles. The molecular weight excluding hydrogens is 523 g/mol. The van der Waals surface area contributed by atoms with Crippen LogP contribution < -0.4 is 20.8 Å². The van der Waals surface area contributed by atoms with Gasteiger partial charge in [0.1, 0.15) is 22.9 Å². The molecule has 39 heavy (non-hydrogen) atoms. The Hall–Kier alpha value is -4.95. The van der Waals surface area contributed by atoms with Crippen molar-refractivity contribution < 1.29 is 32.5 Å². The van der Waals surface area contributed by atoms with Gasteiger partial charge in [0.05, 0.1) is 38.0 Å². The third-order valence-corrected chi connectivity index (χ3v) is 5.09. The predicted octanol–water partition coefficient (Wildman–Crippen LogP) is 3.37. The fraction of sp³-hybridized carbons (Fsp3) is 0.250. The Labute approximate surface area is 219 Å². The number of benzene rings is 1. The number of nitrogen functional groups attached to an aromatic ring is 1. The fourth-order valence-corrected chi connectivity index (χ4v) is 3.12. The van der Waals surface area contributed by atoms with Crippen LogP contribution in [0.1, 0.15) is 19.9 Å². The molecule has 0 unspecified atom stereocenters. The summed E-state index contributed by atoms with van der Waals surface area (Å²) in [5.74, 6) is -1.50. The Morgan fingerprint density at radius 3 is 2.18 bits per heavy atom. The van der Waals surface area contributed by atoms with E-state index in [-0.39, 0.29) is 17.4 Å². The summed E-state index contributed by atoms with van der Waals surface area (Å²) >= 11 is 0. The molecule has 4 aromatic rings. The number of aliphatic carboxylic acids is 1. The van der Waals surface area contributed by atoms with E-state index >= 15 is 0 Å². The SMILES string of the molecule is COc1cc(OC)cc(-n2nc(-c3nc(-c4cnn(C(C)C)c4)cnc3N)ccc2=O)c1.O=C(O)C(F)(F)F. The molecule has 15 heteroatoms. The summed E-state index contributed by atoms with van der Waals surface area (Å²) in [6.45, 7) is 4.08. The Balaban J connectivity index is 0.000000532. The first kappa shape index (κ1) is 28.6. The van der Waals surface area contributed by atoms with Gasteiger partial charge in [0, 0.05) is 42.1 Å². The van der Waals surface area contributed by atoms with E-state index in [2.05, 4.69) is 20.2 Å². The number of carboxylic acids is 1. The van der Waals surface area contributed by atoms with Gasteiger partial charge in [-0.2, -0.15) is 28.1 Å². The number of ether oxygens (including phenoxy) is 2. The fourth-order valence-electron chi connectivity index (χ4n) is 3.12. The molecular formula is C24H24F3N7O5. The molecule has 0 amide bonds. The van der Waals surface area contributed by atoms with Gasteiger partial charge in [0.15, 0.2) is 5.82 Å². The second kappa shape index (κ2) is 11.6. The zero-order chi connectivity index (χ0) is 28.9. The first-order chi connectivity index (χ1) is 18.3. The lowest BCUT2D eigenvalue weighted by Crippen LogP contribution is -2.21. The molecule has 4 rings (SSSR count). The van der Waals surface area contributed by atoms with Crippen LogP contribution in [0.4, 0.5) is 19.0 Å². The lowest BCUT2D eigenvalue weighted by molar-refractivity contribution is -0.192. The molecule has 0 radical (unpaired) electrons. The van der Waals surface area contributed by atoms with Crippen molar-refractivity contribution in [3.63, 3.8) is 0 Å². The molecule has 0 saturated carbocycles. The van der Waals surface area contributed by atoms with Gasteiger partial charge in [0.2, 0.25) is 0 Å². The van der Waals surface area contributed by atoms with Crippen molar-refractivity contribution >= 4 is 11.8 Å². The predicted molar refractivity (Wildman–Crippen MR) is 134 cm³/mol. The van der Waals surface area contributed by atoms with Gasteiger partial charge in [-0.15, -0.1) is 0 Å². The number of carboxylic acid groups (broad SMARTS) is 1. The Kier molecular flexibility index (Phi) is 8.53. The van der Waals surface area contributed by atoms with E-state index in [1.54, 1.807) is 36.7 Å². The summed E-state index contributed by atoms with van der Waals surface area (Å²) < 4.78 is 45.4. The van der Waals surface area contributed by atoms with E-state index in [9.17, 15) is 18.0 Å². The van der Waals surface area contributed by atoms with Crippen LogP contribution in [0.25, 0.3) is 28.3 Å². The smallest absolute Gasteiger partial charge is 0.490 e. The van der Waals surface area contributed by atoms with Crippen molar-refractivity contribution in [1.82, 2.24) is 29.5 Å². The van der Waals surface area contributed by atoms with Gasteiger partial charge in [-0.1, -0.05) is 0 Å². The number of halogens is 3. The molecule has 3 heterocycles.